The standard InChI is InChI=1S/C10H15NS2/c12-7-5-9-1-3-10(4-2-9)11-6-8-13/h1-4,11-13H,5-8H2. The van der Waals surface area contributed by atoms with Gasteiger partial charge in [-0.3, -0.25) is 0 Å². The second-order valence-corrected chi connectivity index (χ2v) is 3.72. The van der Waals surface area contributed by atoms with Gasteiger partial charge >= 0.3 is 0 Å². The van der Waals surface area contributed by atoms with Gasteiger partial charge in [0.15, 0.2) is 0 Å². The first-order chi connectivity index (χ1) is 6.36. The topological polar surface area (TPSA) is 12.0 Å². The SMILES string of the molecule is SCCNc1ccc(CCS)cc1. The van der Waals surface area contributed by atoms with Crippen molar-refractivity contribution in [2.45, 2.75) is 6.42 Å². The van der Waals surface area contributed by atoms with Crippen LogP contribution in [-0.4, -0.2) is 18.1 Å². The zero-order chi connectivity index (χ0) is 9.52. The van der Waals surface area contributed by atoms with Gasteiger partial charge in [-0.05, 0) is 29.9 Å². The molecule has 0 aliphatic heterocycles. The van der Waals surface area contributed by atoms with Gasteiger partial charge in [0.2, 0.25) is 0 Å². The molecule has 0 aliphatic carbocycles. The summed E-state index contributed by atoms with van der Waals surface area (Å²) in [4.78, 5) is 0. The molecule has 1 N–H and O–H groups in total. The molecule has 1 aromatic carbocycles. The lowest BCUT2D eigenvalue weighted by molar-refractivity contribution is 1.16. The highest BCUT2D eigenvalue weighted by Crippen LogP contribution is 2.09. The van der Waals surface area contributed by atoms with Crippen LogP contribution in [0.1, 0.15) is 5.56 Å². The van der Waals surface area contributed by atoms with Crippen molar-refractivity contribution in [2.24, 2.45) is 0 Å². The average Bonchev–Trinajstić information content (AvgIpc) is 2.17. The minimum Gasteiger partial charge on any atom is -0.384 e. The number of anilines is 1. The van der Waals surface area contributed by atoms with Crippen LogP contribution >= 0.6 is 25.3 Å². The molecule has 0 radical (unpaired) electrons. The molecule has 0 atom stereocenters. The van der Waals surface area contributed by atoms with Crippen LogP contribution in [0.3, 0.4) is 0 Å². The highest BCUT2D eigenvalue weighted by atomic mass is 32.1. The molecule has 3 heteroatoms. The van der Waals surface area contributed by atoms with Gasteiger partial charge in [0.1, 0.15) is 0 Å². The zero-order valence-electron chi connectivity index (χ0n) is 7.53. The Balaban J connectivity index is 2.48. The number of hydrogen-bond acceptors (Lipinski definition) is 3. The summed E-state index contributed by atoms with van der Waals surface area (Å²) in [7, 11) is 0. The van der Waals surface area contributed by atoms with Gasteiger partial charge in [-0.2, -0.15) is 25.3 Å². The van der Waals surface area contributed by atoms with E-state index in [2.05, 4.69) is 54.8 Å². The monoisotopic (exact) mass is 213 g/mol. The number of hydrogen-bond donors (Lipinski definition) is 3. The van der Waals surface area contributed by atoms with E-state index in [0.717, 1.165) is 30.2 Å². The first-order valence-corrected chi connectivity index (χ1v) is 5.68. The van der Waals surface area contributed by atoms with Crippen molar-refractivity contribution in [1.82, 2.24) is 0 Å². The van der Waals surface area contributed by atoms with Gasteiger partial charge in [0, 0.05) is 18.0 Å². The predicted octanol–water partition coefficient (Wildman–Crippen LogP) is 2.50. The second-order valence-electron chi connectivity index (χ2n) is 2.82. The van der Waals surface area contributed by atoms with E-state index in [4.69, 9.17) is 0 Å². The maximum atomic E-state index is 4.19. The van der Waals surface area contributed by atoms with Crippen molar-refractivity contribution in [3.8, 4) is 0 Å². The largest absolute Gasteiger partial charge is 0.384 e. The van der Waals surface area contributed by atoms with Crippen LogP contribution in [0.4, 0.5) is 5.69 Å². The van der Waals surface area contributed by atoms with E-state index in [1.165, 1.54) is 5.56 Å². The first-order valence-electron chi connectivity index (χ1n) is 4.41. The Kier molecular flexibility index (Phi) is 5.16. The Morgan fingerprint density at radius 3 is 2.23 bits per heavy atom. The third-order valence-corrected chi connectivity index (χ3v) is 2.24. The summed E-state index contributed by atoms with van der Waals surface area (Å²) in [5, 5.41) is 3.27. The summed E-state index contributed by atoms with van der Waals surface area (Å²) < 4.78 is 0. The zero-order valence-corrected chi connectivity index (χ0v) is 9.32. The molecule has 0 spiro atoms. The first kappa shape index (κ1) is 10.8. The Morgan fingerprint density at radius 1 is 1.00 bits per heavy atom. The van der Waals surface area contributed by atoms with Crippen LogP contribution in [0, 0.1) is 0 Å². The summed E-state index contributed by atoms with van der Waals surface area (Å²) in [6.07, 6.45) is 1.04. The van der Waals surface area contributed by atoms with Crippen LogP contribution in [0.25, 0.3) is 0 Å². The lowest BCUT2D eigenvalue weighted by Crippen LogP contribution is -2.02. The molecule has 1 nitrogen and oxygen atoms in total. The van der Waals surface area contributed by atoms with E-state index in [1.807, 2.05) is 0 Å². The molecular formula is C10H15NS2. The molecule has 72 valence electrons. The van der Waals surface area contributed by atoms with Crippen molar-refractivity contribution in [3.63, 3.8) is 0 Å². The maximum absolute atomic E-state index is 4.19. The Bertz CT molecular complexity index is 233. The van der Waals surface area contributed by atoms with E-state index in [9.17, 15) is 0 Å². The summed E-state index contributed by atoms with van der Waals surface area (Å²) in [6.45, 7) is 0.912. The van der Waals surface area contributed by atoms with Crippen LogP contribution in [0.15, 0.2) is 24.3 Å². The number of thiol groups is 2. The van der Waals surface area contributed by atoms with E-state index in [1.54, 1.807) is 0 Å². The Morgan fingerprint density at radius 2 is 1.69 bits per heavy atom. The third kappa shape index (κ3) is 3.96. The summed E-state index contributed by atoms with van der Waals surface area (Å²) in [5.74, 6) is 1.77. The highest BCUT2D eigenvalue weighted by Gasteiger charge is 1.92. The second kappa shape index (κ2) is 6.22. The number of benzene rings is 1. The highest BCUT2D eigenvalue weighted by molar-refractivity contribution is 7.80. The fourth-order valence-corrected chi connectivity index (χ4v) is 1.49. The van der Waals surface area contributed by atoms with E-state index < -0.39 is 0 Å². The number of rotatable bonds is 5. The molecule has 1 rings (SSSR count). The molecule has 1 aromatic rings. The van der Waals surface area contributed by atoms with Gasteiger partial charge in [0.05, 0.1) is 0 Å². The molecule has 0 heterocycles. The van der Waals surface area contributed by atoms with Crippen LogP contribution in [0.2, 0.25) is 0 Å². The summed E-state index contributed by atoms with van der Waals surface area (Å²) in [6, 6.07) is 8.47. The summed E-state index contributed by atoms with van der Waals surface area (Å²) in [5.41, 5.74) is 2.50. The van der Waals surface area contributed by atoms with Gasteiger partial charge in [-0.15, -0.1) is 0 Å². The van der Waals surface area contributed by atoms with E-state index in [-0.39, 0.29) is 0 Å². The van der Waals surface area contributed by atoms with E-state index >= 15 is 0 Å². The number of aryl methyl sites for hydroxylation is 1. The molecule has 0 amide bonds. The quantitative estimate of drug-likeness (QED) is 0.639. The van der Waals surface area contributed by atoms with Crippen LogP contribution in [-0.2, 0) is 6.42 Å². The van der Waals surface area contributed by atoms with Gasteiger partial charge in [-0.25, -0.2) is 0 Å². The van der Waals surface area contributed by atoms with Crippen molar-refractivity contribution in [2.75, 3.05) is 23.4 Å². The molecule has 0 saturated carbocycles. The number of nitrogens with one attached hydrogen (secondary N) is 1. The molecule has 0 fully saturated rings. The smallest absolute Gasteiger partial charge is 0.0340 e. The Hall–Kier alpha value is -0.280. The molecule has 0 unspecified atom stereocenters. The fraction of sp³-hybridized carbons (Fsp3) is 0.400. The fourth-order valence-electron chi connectivity index (χ4n) is 1.12. The Labute approximate surface area is 90.8 Å². The van der Waals surface area contributed by atoms with Gasteiger partial charge in [0.25, 0.3) is 0 Å². The van der Waals surface area contributed by atoms with Crippen LogP contribution < -0.4 is 5.32 Å². The lowest BCUT2D eigenvalue weighted by atomic mass is 10.1. The minimum atomic E-state index is 0.860. The molecule has 0 bridgehead atoms. The average molecular weight is 213 g/mol. The molecule has 0 aliphatic rings. The lowest BCUT2D eigenvalue weighted by Gasteiger charge is -2.04. The van der Waals surface area contributed by atoms with Gasteiger partial charge < -0.3 is 5.32 Å². The maximum Gasteiger partial charge on any atom is 0.0340 e. The summed E-state index contributed by atoms with van der Waals surface area (Å²) >= 11 is 8.32. The molecule has 0 aromatic heterocycles. The predicted molar refractivity (Wildman–Crippen MR) is 66.3 cm³/mol. The molecular weight excluding hydrogens is 198 g/mol. The third-order valence-electron chi connectivity index (χ3n) is 1.80. The molecule has 0 saturated heterocycles. The van der Waals surface area contributed by atoms with Gasteiger partial charge in [-0.1, -0.05) is 12.1 Å². The van der Waals surface area contributed by atoms with E-state index in [0.29, 0.717) is 0 Å². The van der Waals surface area contributed by atoms with Crippen LogP contribution in [0.5, 0.6) is 0 Å². The van der Waals surface area contributed by atoms with Crippen molar-refractivity contribution < 1.29 is 0 Å². The van der Waals surface area contributed by atoms with Crippen molar-refractivity contribution >= 4 is 30.9 Å². The minimum absolute atomic E-state index is 0.860. The van der Waals surface area contributed by atoms with Crippen molar-refractivity contribution in [1.29, 1.82) is 0 Å². The van der Waals surface area contributed by atoms with Crippen molar-refractivity contribution in [3.05, 3.63) is 29.8 Å². The molecule has 13 heavy (non-hydrogen) atoms. The normalized spacial score (nSPS) is 10.0.